The highest BCUT2D eigenvalue weighted by atomic mass is 16.5. The van der Waals surface area contributed by atoms with E-state index in [4.69, 9.17) is 9.47 Å². The average Bonchev–Trinajstić information content (AvgIpc) is 2.99. The van der Waals surface area contributed by atoms with E-state index in [9.17, 15) is 19.2 Å². The molecule has 0 saturated heterocycles. The summed E-state index contributed by atoms with van der Waals surface area (Å²) in [6.45, 7) is 10.6. The molecule has 0 spiro atoms. The lowest BCUT2D eigenvalue weighted by atomic mass is 9.87. The Kier molecular flexibility index (Phi) is 10.4. The van der Waals surface area contributed by atoms with Crippen LogP contribution in [0.4, 0.5) is 0 Å². The van der Waals surface area contributed by atoms with Crippen LogP contribution in [0.3, 0.4) is 0 Å². The highest BCUT2D eigenvalue weighted by Crippen LogP contribution is 2.40. The van der Waals surface area contributed by atoms with Gasteiger partial charge in [-0.3, -0.25) is 9.59 Å². The minimum Gasteiger partial charge on any atom is -0.460 e. The molecular formula is C36H40N2O6. The Hall–Kier alpha value is -4.72. The number of rotatable bonds is 11. The van der Waals surface area contributed by atoms with Crippen molar-refractivity contribution in [3.05, 3.63) is 83.9 Å². The fourth-order valence-corrected chi connectivity index (χ4v) is 5.23. The first-order valence-corrected chi connectivity index (χ1v) is 14.9. The van der Waals surface area contributed by atoms with Crippen LogP contribution in [-0.4, -0.2) is 49.1 Å². The molecule has 4 aromatic rings. The van der Waals surface area contributed by atoms with E-state index in [1.165, 1.54) is 13.8 Å². The van der Waals surface area contributed by atoms with Gasteiger partial charge in [0.1, 0.15) is 13.2 Å². The van der Waals surface area contributed by atoms with Crippen LogP contribution in [0.15, 0.2) is 72.8 Å². The molecule has 44 heavy (non-hydrogen) atoms. The van der Waals surface area contributed by atoms with Gasteiger partial charge in [0.05, 0.1) is 23.2 Å². The molecule has 8 nitrogen and oxygen atoms in total. The molecule has 0 fully saturated rings. The molecular weight excluding hydrogens is 556 g/mol. The molecule has 0 aliphatic rings. The lowest BCUT2D eigenvalue weighted by Crippen LogP contribution is -2.41. The molecule has 4 rings (SSSR count). The second-order valence-corrected chi connectivity index (χ2v) is 11.7. The second kappa shape index (κ2) is 14.2. The van der Waals surface area contributed by atoms with E-state index in [2.05, 4.69) is 10.6 Å². The van der Waals surface area contributed by atoms with Gasteiger partial charge in [-0.2, -0.15) is 0 Å². The van der Waals surface area contributed by atoms with Crippen LogP contribution < -0.4 is 10.6 Å². The minimum atomic E-state index is -0.570. The van der Waals surface area contributed by atoms with Crippen LogP contribution in [0, 0.1) is 11.8 Å². The Labute approximate surface area is 258 Å². The summed E-state index contributed by atoms with van der Waals surface area (Å²) in [5.74, 6) is -1.48. The maximum atomic E-state index is 13.8. The number of hydrogen-bond donors (Lipinski definition) is 2. The maximum absolute atomic E-state index is 13.8. The van der Waals surface area contributed by atoms with Gasteiger partial charge in [0.15, 0.2) is 0 Å². The molecule has 2 amide bonds. The van der Waals surface area contributed by atoms with Gasteiger partial charge in [-0.25, -0.2) is 9.59 Å². The van der Waals surface area contributed by atoms with Gasteiger partial charge < -0.3 is 20.1 Å². The Morgan fingerprint density at radius 3 is 1.27 bits per heavy atom. The zero-order chi connectivity index (χ0) is 32.0. The van der Waals surface area contributed by atoms with Gasteiger partial charge in [-0.05, 0) is 45.5 Å². The molecule has 0 aliphatic heterocycles. The van der Waals surface area contributed by atoms with Crippen molar-refractivity contribution in [3.8, 4) is 11.1 Å². The van der Waals surface area contributed by atoms with E-state index in [0.29, 0.717) is 11.1 Å². The molecule has 0 radical (unpaired) electrons. The van der Waals surface area contributed by atoms with E-state index in [1.807, 2.05) is 88.4 Å². The molecule has 2 N–H and O–H groups in total. The van der Waals surface area contributed by atoms with Crippen LogP contribution in [0.5, 0.6) is 0 Å². The van der Waals surface area contributed by atoms with Crippen molar-refractivity contribution in [2.75, 3.05) is 13.2 Å². The van der Waals surface area contributed by atoms with Gasteiger partial charge in [-0.15, -0.1) is 0 Å². The van der Waals surface area contributed by atoms with Crippen LogP contribution in [0.2, 0.25) is 0 Å². The Morgan fingerprint density at radius 2 is 0.932 bits per heavy atom. The highest BCUT2D eigenvalue weighted by Gasteiger charge is 2.27. The lowest BCUT2D eigenvalue weighted by molar-refractivity contribution is -0.121. The average molecular weight is 597 g/mol. The zero-order valence-electron chi connectivity index (χ0n) is 26.1. The fourth-order valence-electron chi connectivity index (χ4n) is 5.23. The summed E-state index contributed by atoms with van der Waals surface area (Å²) in [7, 11) is 0. The Balaban J connectivity index is 1.86. The molecule has 0 heterocycles. The van der Waals surface area contributed by atoms with E-state index in [0.717, 1.165) is 21.5 Å². The predicted octanol–water partition coefficient (Wildman–Crippen LogP) is 6.30. The van der Waals surface area contributed by atoms with Gasteiger partial charge in [-0.1, -0.05) is 88.4 Å². The molecule has 0 bridgehead atoms. The van der Waals surface area contributed by atoms with Gasteiger partial charge in [0, 0.05) is 25.0 Å². The summed E-state index contributed by atoms with van der Waals surface area (Å²) >= 11 is 0. The first kappa shape index (κ1) is 32.2. The summed E-state index contributed by atoms with van der Waals surface area (Å²) < 4.78 is 11.6. The van der Waals surface area contributed by atoms with E-state index in [1.54, 1.807) is 12.1 Å². The Bertz CT molecular complexity index is 1570. The first-order valence-electron chi connectivity index (χ1n) is 14.9. The molecule has 2 atom stereocenters. The molecule has 0 aromatic heterocycles. The molecule has 230 valence electrons. The van der Waals surface area contributed by atoms with Crippen molar-refractivity contribution < 1.29 is 28.7 Å². The van der Waals surface area contributed by atoms with E-state index >= 15 is 0 Å². The number of esters is 2. The van der Waals surface area contributed by atoms with Crippen LogP contribution in [0.1, 0.15) is 62.3 Å². The van der Waals surface area contributed by atoms with Crippen molar-refractivity contribution >= 4 is 45.3 Å². The van der Waals surface area contributed by atoms with Crippen molar-refractivity contribution in [2.45, 2.75) is 53.6 Å². The molecule has 0 saturated carbocycles. The fraction of sp³-hybridized carbons (Fsp3) is 0.333. The summed E-state index contributed by atoms with van der Waals surface area (Å²) in [4.78, 5) is 51.1. The molecule has 4 aromatic carbocycles. The molecule has 0 aliphatic carbocycles. The van der Waals surface area contributed by atoms with Crippen LogP contribution >= 0.6 is 0 Å². The zero-order valence-corrected chi connectivity index (χ0v) is 26.1. The number of carbonyl (C=O) groups excluding carboxylic acids is 4. The third-order valence-corrected chi connectivity index (χ3v) is 7.72. The largest absolute Gasteiger partial charge is 0.460 e. The van der Waals surface area contributed by atoms with Gasteiger partial charge in [0.2, 0.25) is 11.8 Å². The summed E-state index contributed by atoms with van der Waals surface area (Å²) in [5.41, 5.74) is 1.69. The first-order chi connectivity index (χ1) is 21.0. The highest BCUT2D eigenvalue weighted by molar-refractivity contribution is 6.17. The van der Waals surface area contributed by atoms with Crippen molar-refractivity contribution in [1.29, 1.82) is 0 Å². The summed E-state index contributed by atoms with van der Waals surface area (Å²) in [6.07, 6.45) is 0. The van der Waals surface area contributed by atoms with E-state index in [-0.39, 0.29) is 60.1 Å². The minimum absolute atomic E-state index is 0.00742. The smallest absolute Gasteiger partial charge is 0.338 e. The van der Waals surface area contributed by atoms with Crippen molar-refractivity contribution in [1.82, 2.24) is 10.6 Å². The normalized spacial score (nSPS) is 12.6. The Morgan fingerprint density at radius 1 is 0.568 bits per heavy atom. The van der Waals surface area contributed by atoms with E-state index < -0.39 is 11.9 Å². The third kappa shape index (κ3) is 7.43. The monoisotopic (exact) mass is 596 g/mol. The quantitative estimate of drug-likeness (QED) is 0.197. The predicted molar refractivity (Wildman–Crippen MR) is 172 cm³/mol. The van der Waals surface area contributed by atoms with Crippen molar-refractivity contribution in [3.63, 3.8) is 0 Å². The maximum Gasteiger partial charge on any atom is 0.338 e. The number of fused-ring (bicyclic) bond motifs is 2. The summed E-state index contributed by atoms with van der Waals surface area (Å²) in [6, 6.07) is 21.7. The summed E-state index contributed by atoms with van der Waals surface area (Å²) in [5, 5.41) is 9.01. The number of benzene rings is 4. The van der Waals surface area contributed by atoms with Crippen LogP contribution in [-0.2, 0) is 19.1 Å². The van der Waals surface area contributed by atoms with Gasteiger partial charge in [0.25, 0.3) is 0 Å². The van der Waals surface area contributed by atoms with Gasteiger partial charge >= 0.3 is 11.9 Å². The standard InChI is InChI=1S/C36H40N2O6/c1-21(2)31(37-23(5)39)19-43-35(41)29-17-15-25-11-7-9-13-27(25)33(29)34-28-14-10-8-12-26(28)16-18-30(34)36(42)44-20-32(22(3)4)38-24(6)40/h7-18,21-22,31-32H,19-20H2,1-6H3,(H,37,39)(H,38,40)/t31-,32-/m1/s1. The molecule has 8 heteroatoms. The van der Waals surface area contributed by atoms with Crippen molar-refractivity contribution in [2.24, 2.45) is 11.8 Å². The number of carbonyl (C=O) groups is 4. The van der Waals surface area contributed by atoms with Crippen LogP contribution in [0.25, 0.3) is 32.7 Å². The number of ether oxygens (including phenoxy) is 2. The topological polar surface area (TPSA) is 111 Å². The third-order valence-electron chi connectivity index (χ3n) is 7.72. The SMILES string of the molecule is CC(=O)N[C@H](COC(=O)c1ccc2ccccc2c1-c1c(C(=O)OC[C@@H](NC(C)=O)C(C)C)ccc2ccccc12)C(C)C. The molecule has 0 unspecified atom stereocenters. The number of amides is 2. The number of nitrogens with one attached hydrogen (secondary N) is 2. The second-order valence-electron chi connectivity index (χ2n) is 11.7. The number of hydrogen-bond acceptors (Lipinski definition) is 6. The lowest BCUT2D eigenvalue weighted by Gasteiger charge is -2.23.